The molecule has 3 aromatic heterocycles. The number of rotatable bonds is 5. The second kappa shape index (κ2) is 7.25. The number of imidazole rings is 1. The van der Waals surface area contributed by atoms with Crippen molar-refractivity contribution in [2.24, 2.45) is 0 Å². The number of hydrogen-bond acceptors (Lipinski definition) is 12. The molecule has 4 atom stereocenters. The number of anilines is 1. The van der Waals surface area contributed by atoms with Crippen LogP contribution in [0.25, 0.3) is 11.2 Å². The van der Waals surface area contributed by atoms with Crippen molar-refractivity contribution < 1.29 is 14.9 Å². The first-order valence-electron chi connectivity index (χ1n) is 7.53. The highest BCUT2D eigenvalue weighted by atomic mass is 32.2. The number of aliphatic hydroxyl groups excluding tert-OH is 2. The Bertz CT molecular complexity index is 919. The van der Waals surface area contributed by atoms with E-state index in [1.54, 1.807) is 4.57 Å². The van der Waals surface area contributed by atoms with Crippen molar-refractivity contribution in [1.29, 1.82) is 0 Å². The summed E-state index contributed by atoms with van der Waals surface area (Å²) in [6.07, 6.45) is 1.15. The van der Waals surface area contributed by atoms with Crippen molar-refractivity contribution in [2.45, 2.75) is 34.0 Å². The third-order valence-corrected chi connectivity index (χ3v) is 6.53. The van der Waals surface area contributed by atoms with Crippen LogP contribution < -0.4 is 5.73 Å². The van der Waals surface area contributed by atoms with E-state index in [-0.39, 0.29) is 5.82 Å². The number of nitrogens with zero attached hydrogens (tertiary/aromatic N) is 6. The van der Waals surface area contributed by atoms with Gasteiger partial charge in [-0.3, -0.25) is 4.57 Å². The molecule has 3 aromatic rings. The number of aliphatic hydroxyl groups is 2. The molecule has 0 saturated carbocycles. The molecule has 0 bridgehead atoms. The molecule has 0 aromatic carbocycles. The van der Waals surface area contributed by atoms with Gasteiger partial charge in [0.25, 0.3) is 0 Å². The summed E-state index contributed by atoms with van der Waals surface area (Å²) in [4.78, 5) is 16.5. The Hall–Kier alpha value is -1.51. The number of ether oxygens (including phenoxy) is 1. The Balaban J connectivity index is 1.51. The van der Waals surface area contributed by atoms with Crippen LogP contribution in [0, 0.1) is 0 Å². The van der Waals surface area contributed by atoms with Crippen molar-refractivity contribution in [3.8, 4) is 0 Å². The van der Waals surface area contributed by atoms with Crippen molar-refractivity contribution in [3.63, 3.8) is 0 Å². The van der Waals surface area contributed by atoms with Gasteiger partial charge in [0.2, 0.25) is 5.16 Å². The second-order valence-corrected chi connectivity index (χ2v) is 8.28. The third kappa shape index (κ3) is 3.14. The lowest BCUT2D eigenvalue weighted by atomic mass is 10.1. The van der Waals surface area contributed by atoms with E-state index in [0.717, 1.165) is 4.34 Å². The minimum atomic E-state index is -1.12. The van der Waals surface area contributed by atoms with Crippen molar-refractivity contribution in [2.75, 3.05) is 17.7 Å². The van der Waals surface area contributed by atoms with Gasteiger partial charge in [-0.15, -0.1) is 0 Å². The van der Waals surface area contributed by atoms with E-state index in [4.69, 9.17) is 10.5 Å². The van der Waals surface area contributed by atoms with Gasteiger partial charge < -0.3 is 20.7 Å². The fraction of sp³-hybridized carbons (Fsp3) is 0.462. The van der Waals surface area contributed by atoms with E-state index in [2.05, 4.69) is 24.3 Å². The van der Waals surface area contributed by atoms with Crippen LogP contribution >= 0.6 is 35.1 Å². The zero-order valence-electron chi connectivity index (χ0n) is 13.5. The smallest absolute Gasteiger partial charge is 0.200 e. The zero-order chi connectivity index (χ0) is 18.3. The summed E-state index contributed by atoms with van der Waals surface area (Å²) in [5.74, 6) is 0.677. The number of aromatic nitrogens is 6. The monoisotopic (exact) mass is 413 g/mol. The molecule has 4 heterocycles. The summed E-state index contributed by atoms with van der Waals surface area (Å²) in [5, 5.41) is 21.5. The van der Waals surface area contributed by atoms with Gasteiger partial charge in [-0.1, -0.05) is 23.5 Å². The van der Waals surface area contributed by atoms with Gasteiger partial charge in [0.05, 0.1) is 12.4 Å². The molecule has 0 spiro atoms. The molecule has 138 valence electrons. The van der Waals surface area contributed by atoms with Crippen LogP contribution in [0.3, 0.4) is 0 Å². The van der Waals surface area contributed by atoms with Gasteiger partial charge in [0.15, 0.2) is 22.0 Å². The molecule has 1 saturated heterocycles. The minimum absolute atomic E-state index is 0.245. The van der Waals surface area contributed by atoms with Crippen molar-refractivity contribution >= 4 is 52.0 Å². The van der Waals surface area contributed by atoms with Crippen LogP contribution in [0.15, 0.2) is 22.2 Å². The van der Waals surface area contributed by atoms with E-state index in [1.807, 2.05) is 6.26 Å². The molecular weight excluding hydrogens is 398 g/mol. The Kier molecular flexibility index (Phi) is 4.98. The first-order valence-corrected chi connectivity index (χ1v) is 10.5. The van der Waals surface area contributed by atoms with Crippen LogP contribution in [0.4, 0.5) is 5.82 Å². The number of thioether (sulfide) groups is 2. The fourth-order valence-corrected chi connectivity index (χ4v) is 4.94. The van der Waals surface area contributed by atoms with Gasteiger partial charge >= 0.3 is 0 Å². The summed E-state index contributed by atoms with van der Waals surface area (Å²) in [5.41, 5.74) is 6.65. The molecule has 4 rings (SSSR count). The molecular formula is C13H15N7O3S3. The van der Waals surface area contributed by atoms with Gasteiger partial charge in [-0.2, -0.15) is 4.37 Å². The fourth-order valence-electron chi connectivity index (χ4n) is 2.64. The van der Waals surface area contributed by atoms with Crippen molar-refractivity contribution in [1.82, 2.24) is 28.9 Å². The molecule has 10 nitrogen and oxygen atoms in total. The number of nitrogens with two attached hydrogens (primary N) is 1. The molecule has 1 aliphatic rings. The van der Waals surface area contributed by atoms with Crippen LogP contribution in [-0.2, 0) is 4.74 Å². The predicted molar refractivity (Wildman–Crippen MR) is 98.1 cm³/mol. The average molecular weight is 414 g/mol. The summed E-state index contributed by atoms with van der Waals surface area (Å²) in [7, 11) is 0. The topological polar surface area (TPSA) is 145 Å². The molecule has 1 aliphatic heterocycles. The summed E-state index contributed by atoms with van der Waals surface area (Å²) in [6, 6.07) is 0. The number of nitrogen functional groups attached to an aromatic ring is 1. The molecule has 26 heavy (non-hydrogen) atoms. The van der Waals surface area contributed by atoms with E-state index >= 15 is 0 Å². The van der Waals surface area contributed by atoms with Crippen LogP contribution in [0.5, 0.6) is 0 Å². The Morgan fingerprint density at radius 1 is 1.31 bits per heavy atom. The van der Waals surface area contributed by atoms with Gasteiger partial charge in [-0.25, -0.2) is 19.9 Å². The molecule has 0 unspecified atom stereocenters. The molecule has 4 N–H and O–H groups in total. The molecule has 0 radical (unpaired) electrons. The maximum absolute atomic E-state index is 10.4. The normalized spacial score (nSPS) is 26.0. The SMILES string of the molecule is CSc1nsc(SC[C@H]2O[C@@H](n3cnc4c(N)ncnc43)[C@H](O)[C@@H]2O)n1. The van der Waals surface area contributed by atoms with E-state index in [1.165, 1.54) is 47.7 Å². The zero-order valence-corrected chi connectivity index (χ0v) is 15.9. The number of fused-ring (bicyclic) bond motifs is 1. The lowest BCUT2D eigenvalue weighted by Gasteiger charge is -2.16. The predicted octanol–water partition coefficient (Wildman–Crippen LogP) is 0.393. The van der Waals surface area contributed by atoms with Gasteiger partial charge in [0, 0.05) is 5.75 Å². The highest BCUT2D eigenvalue weighted by molar-refractivity contribution is 8.01. The quantitative estimate of drug-likeness (QED) is 0.499. The maximum Gasteiger partial charge on any atom is 0.200 e. The first-order chi connectivity index (χ1) is 12.6. The molecule has 0 aliphatic carbocycles. The summed E-state index contributed by atoms with van der Waals surface area (Å²) in [6.45, 7) is 0. The van der Waals surface area contributed by atoms with Gasteiger partial charge in [0.1, 0.15) is 24.1 Å². The Labute approximate surface area is 160 Å². The highest BCUT2D eigenvalue weighted by Gasteiger charge is 2.44. The summed E-state index contributed by atoms with van der Waals surface area (Å²) >= 11 is 4.20. The van der Waals surface area contributed by atoms with Crippen LogP contribution in [0.1, 0.15) is 6.23 Å². The van der Waals surface area contributed by atoms with Crippen LogP contribution in [0.2, 0.25) is 0 Å². The van der Waals surface area contributed by atoms with Crippen molar-refractivity contribution in [3.05, 3.63) is 12.7 Å². The average Bonchev–Trinajstić information content (AvgIpc) is 3.34. The largest absolute Gasteiger partial charge is 0.387 e. The van der Waals surface area contributed by atoms with E-state index < -0.39 is 24.5 Å². The lowest BCUT2D eigenvalue weighted by molar-refractivity contribution is -0.0289. The van der Waals surface area contributed by atoms with E-state index in [9.17, 15) is 10.2 Å². The highest BCUT2D eigenvalue weighted by Crippen LogP contribution is 2.35. The minimum Gasteiger partial charge on any atom is -0.387 e. The molecule has 0 amide bonds. The van der Waals surface area contributed by atoms with E-state index in [0.29, 0.717) is 22.1 Å². The molecule has 13 heteroatoms. The first kappa shape index (κ1) is 17.9. The number of hydrogen-bond donors (Lipinski definition) is 3. The van der Waals surface area contributed by atoms with Crippen LogP contribution in [-0.4, -0.2) is 69.4 Å². The summed E-state index contributed by atoms with van der Waals surface area (Å²) < 4.78 is 12.4. The third-order valence-electron chi connectivity index (χ3n) is 3.94. The Morgan fingerprint density at radius 2 is 2.15 bits per heavy atom. The maximum atomic E-state index is 10.4. The Morgan fingerprint density at radius 3 is 2.92 bits per heavy atom. The molecule has 1 fully saturated rings. The second-order valence-electron chi connectivity index (χ2n) is 5.49. The van der Waals surface area contributed by atoms with Gasteiger partial charge in [-0.05, 0) is 17.8 Å². The lowest BCUT2D eigenvalue weighted by Crippen LogP contribution is -2.32. The standard InChI is InChI=1S/C13H15N7O3S3/c1-24-12-18-13(26-19-12)25-2-5-7(21)8(22)11(23-5)20-4-17-6-9(14)15-3-16-10(6)20/h3-5,7-8,11,21-22H,2H2,1H3,(H2,14,15,16)/t5-,7-,8-,11-/m1/s1.